The number of carbonyl (C=O) groups is 1. The Morgan fingerprint density at radius 1 is 1.32 bits per heavy atom. The minimum atomic E-state index is -3.54. The van der Waals surface area contributed by atoms with Gasteiger partial charge < -0.3 is 5.73 Å². The SMILES string of the molecule is Cc1ccccc1CS(=O)(=O)N1C[C@H](C(N)=O)[C@@H](c2cnn(C)c2)C1. The summed E-state index contributed by atoms with van der Waals surface area (Å²) >= 11 is 0. The lowest BCUT2D eigenvalue weighted by atomic mass is 9.90. The Morgan fingerprint density at radius 2 is 2.04 bits per heavy atom. The number of hydrogen-bond acceptors (Lipinski definition) is 4. The van der Waals surface area contributed by atoms with Gasteiger partial charge in [0.15, 0.2) is 0 Å². The summed E-state index contributed by atoms with van der Waals surface area (Å²) in [6, 6.07) is 7.40. The van der Waals surface area contributed by atoms with Crippen LogP contribution < -0.4 is 5.73 Å². The van der Waals surface area contributed by atoms with E-state index in [1.54, 1.807) is 24.1 Å². The van der Waals surface area contributed by atoms with E-state index in [2.05, 4.69) is 5.10 Å². The normalized spacial score (nSPS) is 21.5. The van der Waals surface area contributed by atoms with Crippen molar-refractivity contribution in [3.05, 3.63) is 53.3 Å². The summed E-state index contributed by atoms with van der Waals surface area (Å²) < 4.78 is 28.7. The van der Waals surface area contributed by atoms with Crippen molar-refractivity contribution >= 4 is 15.9 Å². The molecule has 2 heterocycles. The zero-order chi connectivity index (χ0) is 18.2. The average molecular weight is 362 g/mol. The summed E-state index contributed by atoms with van der Waals surface area (Å²) in [6.07, 6.45) is 3.47. The van der Waals surface area contributed by atoms with E-state index in [4.69, 9.17) is 5.73 Å². The second-order valence-corrected chi connectivity index (χ2v) is 8.53. The maximum absolute atomic E-state index is 12.9. The summed E-state index contributed by atoms with van der Waals surface area (Å²) in [6.45, 7) is 2.25. The van der Waals surface area contributed by atoms with Crippen molar-refractivity contribution in [1.82, 2.24) is 14.1 Å². The topological polar surface area (TPSA) is 98.3 Å². The lowest BCUT2D eigenvalue weighted by Crippen LogP contribution is -2.32. The second-order valence-electron chi connectivity index (χ2n) is 6.56. The fourth-order valence-electron chi connectivity index (χ4n) is 3.31. The molecule has 2 atom stereocenters. The molecule has 1 aromatic carbocycles. The number of hydrogen-bond donors (Lipinski definition) is 1. The van der Waals surface area contributed by atoms with Crippen LogP contribution in [0.2, 0.25) is 0 Å². The highest BCUT2D eigenvalue weighted by molar-refractivity contribution is 7.88. The molecule has 1 amide bonds. The van der Waals surface area contributed by atoms with Crippen LogP contribution in [0.25, 0.3) is 0 Å². The van der Waals surface area contributed by atoms with Gasteiger partial charge in [-0.15, -0.1) is 0 Å². The number of sulfonamides is 1. The van der Waals surface area contributed by atoms with Crippen LogP contribution in [0, 0.1) is 12.8 Å². The van der Waals surface area contributed by atoms with Gasteiger partial charge in [0.25, 0.3) is 0 Å². The first-order valence-corrected chi connectivity index (χ1v) is 9.69. The van der Waals surface area contributed by atoms with E-state index in [1.165, 1.54) is 4.31 Å². The summed E-state index contributed by atoms with van der Waals surface area (Å²) in [7, 11) is -1.76. The van der Waals surface area contributed by atoms with Crippen molar-refractivity contribution in [2.45, 2.75) is 18.6 Å². The van der Waals surface area contributed by atoms with E-state index in [0.29, 0.717) is 0 Å². The number of primary amides is 1. The number of amides is 1. The fraction of sp³-hybridized carbons (Fsp3) is 0.412. The van der Waals surface area contributed by atoms with Gasteiger partial charge in [-0.3, -0.25) is 9.48 Å². The van der Waals surface area contributed by atoms with Gasteiger partial charge in [0.05, 0.1) is 17.9 Å². The maximum Gasteiger partial charge on any atom is 0.222 e. The van der Waals surface area contributed by atoms with Gasteiger partial charge in [-0.1, -0.05) is 24.3 Å². The van der Waals surface area contributed by atoms with Gasteiger partial charge in [-0.05, 0) is 23.6 Å². The number of carbonyl (C=O) groups excluding carboxylic acids is 1. The highest BCUT2D eigenvalue weighted by atomic mass is 32.2. The molecule has 25 heavy (non-hydrogen) atoms. The van der Waals surface area contributed by atoms with Crippen molar-refractivity contribution in [1.29, 1.82) is 0 Å². The van der Waals surface area contributed by atoms with Gasteiger partial charge in [0.1, 0.15) is 0 Å². The highest BCUT2D eigenvalue weighted by Gasteiger charge is 2.42. The molecule has 1 aromatic heterocycles. The molecule has 134 valence electrons. The lowest BCUT2D eigenvalue weighted by molar-refractivity contribution is -0.121. The van der Waals surface area contributed by atoms with Crippen LogP contribution >= 0.6 is 0 Å². The standard InChI is InChI=1S/C17H22N4O3S/c1-12-5-3-4-6-13(12)11-25(23,24)21-9-15(16(10-21)17(18)22)14-7-19-20(2)8-14/h3-8,15-16H,9-11H2,1-2H3,(H2,18,22)/t15-,16+/m1/s1. The lowest BCUT2D eigenvalue weighted by Gasteiger charge is -2.17. The molecular formula is C17H22N4O3S. The van der Waals surface area contributed by atoms with E-state index in [1.807, 2.05) is 31.2 Å². The minimum absolute atomic E-state index is 0.0785. The van der Waals surface area contributed by atoms with Crippen molar-refractivity contribution in [3.8, 4) is 0 Å². The van der Waals surface area contributed by atoms with Crippen LogP contribution in [0.15, 0.2) is 36.7 Å². The third kappa shape index (κ3) is 3.59. The van der Waals surface area contributed by atoms with Crippen molar-refractivity contribution < 1.29 is 13.2 Å². The number of nitrogens with two attached hydrogens (primary N) is 1. The molecule has 3 rings (SSSR count). The first-order chi connectivity index (χ1) is 11.8. The van der Waals surface area contributed by atoms with Gasteiger partial charge in [0, 0.05) is 32.3 Å². The molecule has 1 aliphatic rings. The van der Waals surface area contributed by atoms with E-state index >= 15 is 0 Å². The Balaban J connectivity index is 1.85. The van der Waals surface area contributed by atoms with Crippen LogP contribution in [0.3, 0.4) is 0 Å². The first kappa shape index (κ1) is 17.6. The zero-order valence-corrected chi connectivity index (χ0v) is 15.1. The van der Waals surface area contributed by atoms with Crippen molar-refractivity contribution in [2.75, 3.05) is 13.1 Å². The second kappa shape index (κ2) is 6.61. The predicted molar refractivity (Wildman–Crippen MR) is 94.0 cm³/mol. The van der Waals surface area contributed by atoms with Crippen LogP contribution in [0.1, 0.15) is 22.6 Å². The molecule has 0 radical (unpaired) electrons. The van der Waals surface area contributed by atoms with Gasteiger partial charge in [0.2, 0.25) is 15.9 Å². The van der Waals surface area contributed by atoms with Crippen LogP contribution in [0.5, 0.6) is 0 Å². The number of aromatic nitrogens is 2. The molecule has 2 N–H and O–H groups in total. The first-order valence-electron chi connectivity index (χ1n) is 8.08. The summed E-state index contributed by atoms with van der Waals surface area (Å²) in [5.41, 5.74) is 8.06. The van der Waals surface area contributed by atoms with E-state index < -0.39 is 21.8 Å². The Kier molecular flexibility index (Phi) is 4.66. The summed E-state index contributed by atoms with van der Waals surface area (Å²) in [4.78, 5) is 11.9. The molecule has 0 unspecified atom stereocenters. The molecule has 7 nitrogen and oxygen atoms in total. The van der Waals surface area contributed by atoms with E-state index in [-0.39, 0.29) is 24.8 Å². The summed E-state index contributed by atoms with van der Waals surface area (Å²) in [5, 5.41) is 4.12. The number of rotatable bonds is 5. The maximum atomic E-state index is 12.9. The Bertz CT molecular complexity index is 891. The van der Waals surface area contributed by atoms with Crippen LogP contribution in [-0.4, -0.2) is 41.5 Å². The third-order valence-corrected chi connectivity index (χ3v) is 6.56. The Hall–Kier alpha value is -2.19. The predicted octanol–water partition coefficient (Wildman–Crippen LogP) is 0.759. The van der Waals surface area contributed by atoms with Gasteiger partial charge in [-0.2, -0.15) is 5.10 Å². The van der Waals surface area contributed by atoms with Crippen LogP contribution in [-0.2, 0) is 27.6 Å². The van der Waals surface area contributed by atoms with Gasteiger partial charge in [-0.25, -0.2) is 12.7 Å². The Labute approximate surface area is 147 Å². The molecule has 1 fully saturated rings. The fourth-order valence-corrected chi connectivity index (χ4v) is 4.99. The van der Waals surface area contributed by atoms with Crippen LogP contribution in [0.4, 0.5) is 0 Å². The van der Waals surface area contributed by atoms with Gasteiger partial charge >= 0.3 is 0 Å². The summed E-state index contributed by atoms with van der Waals surface area (Å²) in [5.74, 6) is -1.37. The number of benzene rings is 1. The van der Waals surface area contributed by atoms with E-state index in [9.17, 15) is 13.2 Å². The van der Waals surface area contributed by atoms with Crippen molar-refractivity contribution in [3.63, 3.8) is 0 Å². The quantitative estimate of drug-likeness (QED) is 0.849. The zero-order valence-electron chi connectivity index (χ0n) is 14.3. The van der Waals surface area contributed by atoms with E-state index in [0.717, 1.165) is 16.7 Å². The monoisotopic (exact) mass is 362 g/mol. The number of aryl methyl sites for hydroxylation is 2. The molecule has 1 aliphatic heterocycles. The smallest absolute Gasteiger partial charge is 0.222 e. The number of nitrogens with zero attached hydrogens (tertiary/aromatic N) is 3. The molecular weight excluding hydrogens is 340 g/mol. The molecule has 0 spiro atoms. The molecule has 8 heteroatoms. The molecule has 1 saturated heterocycles. The largest absolute Gasteiger partial charge is 0.369 e. The molecule has 0 saturated carbocycles. The minimum Gasteiger partial charge on any atom is -0.369 e. The highest BCUT2D eigenvalue weighted by Crippen LogP contribution is 2.34. The molecule has 0 aliphatic carbocycles. The molecule has 2 aromatic rings. The average Bonchev–Trinajstić information content (AvgIpc) is 3.16. The van der Waals surface area contributed by atoms with Crippen molar-refractivity contribution in [2.24, 2.45) is 18.7 Å². The molecule has 0 bridgehead atoms. The third-order valence-electron chi connectivity index (χ3n) is 4.80. The Morgan fingerprint density at radius 3 is 2.64 bits per heavy atom.